The third-order valence-electron chi connectivity index (χ3n) is 9.50. The highest BCUT2D eigenvalue weighted by Crippen LogP contribution is 2.38. The number of fused-ring (bicyclic) bond motifs is 2. The number of hydrogen-bond acceptors (Lipinski definition) is 5. The standard InChI is InChI=1S/C35H45N5O2Si/c1-35(2,3)43(4,5)42-20-12-19-39-22-29(32-33(39)34(37-24-36-32)41-23-26-13-8-6-9-14-26)27-17-18-31-30(21-27)38-25-40(31)28-15-10-7-11-16-28/h6,8-9,13-14,17-18,21-22,24-25,28H,7,10-12,15-16,19-20,23H2,1-5H3. The Morgan fingerprint density at radius 2 is 1.74 bits per heavy atom. The minimum atomic E-state index is -1.81. The van der Waals surface area contributed by atoms with Crippen molar-refractivity contribution in [3.8, 4) is 17.0 Å². The highest BCUT2D eigenvalue weighted by Gasteiger charge is 2.36. The Morgan fingerprint density at radius 3 is 2.51 bits per heavy atom. The molecule has 2 aromatic carbocycles. The van der Waals surface area contributed by atoms with Gasteiger partial charge >= 0.3 is 0 Å². The van der Waals surface area contributed by atoms with E-state index in [4.69, 9.17) is 19.1 Å². The maximum atomic E-state index is 6.51. The van der Waals surface area contributed by atoms with Crippen molar-refractivity contribution in [1.29, 1.82) is 0 Å². The van der Waals surface area contributed by atoms with E-state index in [1.807, 2.05) is 24.5 Å². The first-order valence-electron chi connectivity index (χ1n) is 15.8. The van der Waals surface area contributed by atoms with Gasteiger partial charge in [0, 0.05) is 31.0 Å². The molecule has 43 heavy (non-hydrogen) atoms. The van der Waals surface area contributed by atoms with Crippen molar-refractivity contribution in [3.05, 3.63) is 72.9 Å². The van der Waals surface area contributed by atoms with Gasteiger partial charge in [-0.25, -0.2) is 9.97 Å². The second kappa shape index (κ2) is 12.2. The van der Waals surface area contributed by atoms with Crippen molar-refractivity contribution in [2.45, 2.75) is 96.6 Å². The average molecular weight is 596 g/mol. The fourth-order valence-corrected chi connectivity index (χ4v) is 7.04. The van der Waals surface area contributed by atoms with Crippen LogP contribution in [0.4, 0.5) is 0 Å². The van der Waals surface area contributed by atoms with Gasteiger partial charge in [-0.1, -0.05) is 76.4 Å². The van der Waals surface area contributed by atoms with Crippen molar-refractivity contribution < 1.29 is 9.16 Å². The molecule has 1 aliphatic rings. The van der Waals surface area contributed by atoms with Crippen molar-refractivity contribution in [2.75, 3.05) is 6.61 Å². The van der Waals surface area contributed by atoms with Crippen molar-refractivity contribution in [2.24, 2.45) is 0 Å². The fourth-order valence-electron chi connectivity index (χ4n) is 5.95. The highest BCUT2D eigenvalue weighted by atomic mass is 28.4. The van der Waals surface area contributed by atoms with E-state index in [0.29, 0.717) is 18.5 Å². The number of rotatable bonds is 10. The number of hydrogen-bond donors (Lipinski definition) is 0. The molecule has 0 radical (unpaired) electrons. The Bertz CT molecular complexity index is 1680. The molecule has 0 saturated heterocycles. The van der Waals surface area contributed by atoms with Crippen LogP contribution in [-0.2, 0) is 17.6 Å². The third-order valence-corrected chi connectivity index (χ3v) is 14.0. The Labute approximate surface area is 256 Å². The molecule has 1 fully saturated rings. The highest BCUT2D eigenvalue weighted by molar-refractivity contribution is 6.74. The molecule has 1 aliphatic carbocycles. The van der Waals surface area contributed by atoms with E-state index < -0.39 is 8.32 Å². The van der Waals surface area contributed by atoms with Crippen molar-refractivity contribution in [3.63, 3.8) is 0 Å². The lowest BCUT2D eigenvalue weighted by atomic mass is 9.95. The number of imidazole rings is 1. The molecule has 8 heteroatoms. The van der Waals surface area contributed by atoms with Crippen molar-refractivity contribution >= 4 is 30.4 Å². The second-order valence-corrected chi connectivity index (χ2v) is 18.3. The van der Waals surface area contributed by atoms with E-state index in [-0.39, 0.29) is 5.04 Å². The van der Waals surface area contributed by atoms with Crippen LogP contribution in [0.25, 0.3) is 33.2 Å². The molecule has 0 atom stereocenters. The molecule has 5 aromatic rings. The molecule has 7 nitrogen and oxygen atoms in total. The van der Waals surface area contributed by atoms with Gasteiger partial charge in [-0.15, -0.1) is 0 Å². The van der Waals surface area contributed by atoms with Crippen LogP contribution in [0.2, 0.25) is 18.1 Å². The minimum Gasteiger partial charge on any atom is -0.471 e. The summed E-state index contributed by atoms with van der Waals surface area (Å²) in [5.74, 6) is 0.605. The zero-order chi connectivity index (χ0) is 30.0. The summed E-state index contributed by atoms with van der Waals surface area (Å²) in [5, 5.41) is 0.190. The Balaban J connectivity index is 1.32. The van der Waals surface area contributed by atoms with Gasteiger partial charge in [0.25, 0.3) is 0 Å². The zero-order valence-electron chi connectivity index (χ0n) is 26.3. The summed E-state index contributed by atoms with van der Waals surface area (Å²) in [6.45, 7) is 13.4. The maximum Gasteiger partial charge on any atom is 0.242 e. The second-order valence-electron chi connectivity index (χ2n) is 13.5. The Kier molecular flexibility index (Phi) is 8.42. The van der Waals surface area contributed by atoms with Crippen LogP contribution < -0.4 is 4.74 Å². The maximum absolute atomic E-state index is 6.51. The molecule has 0 aliphatic heterocycles. The van der Waals surface area contributed by atoms with Gasteiger partial charge in [-0.05, 0) is 60.7 Å². The van der Waals surface area contributed by atoms with E-state index in [9.17, 15) is 0 Å². The first kappa shape index (κ1) is 29.6. The lowest BCUT2D eigenvalue weighted by molar-refractivity contribution is 0.274. The van der Waals surface area contributed by atoms with Gasteiger partial charge in [-0.3, -0.25) is 0 Å². The van der Waals surface area contributed by atoms with Crippen LogP contribution in [0, 0.1) is 0 Å². The van der Waals surface area contributed by atoms with Crippen LogP contribution in [0.1, 0.15) is 70.9 Å². The molecule has 3 aromatic heterocycles. The monoisotopic (exact) mass is 595 g/mol. The van der Waals surface area contributed by atoms with E-state index in [1.54, 1.807) is 6.33 Å². The molecular weight excluding hydrogens is 551 g/mol. The van der Waals surface area contributed by atoms with Gasteiger partial charge in [0.05, 0.1) is 17.4 Å². The van der Waals surface area contributed by atoms with Crippen LogP contribution >= 0.6 is 0 Å². The molecule has 0 spiro atoms. The molecule has 0 unspecified atom stereocenters. The van der Waals surface area contributed by atoms with Gasteiger partial charge in [0.15, 0.2) is 8.32 Å². The molecule has 0 amide bonds. The lowest BCUT2D eigenvalue weighted by Crippen LogP contribution is -2.41. The van der Waals surface area contributed by atoms with Gasteiger partial charge in [-0.2, -0.15) is 4.98 Å². The summed E-state index contributed by atoms with van der Waals surface area (Å²) in [6.07, 6.45) is 13.2. The first-order valence-corrected chi connectivity index (χ1v) is 18.7. The third kappa shape index (κ3) is 6.27. The summed E-state index contributed by atoms with van der Waals surface area (Å²) >= 11 is 0. The summed E-state index contributed by atoms with van der Waals surface area (Å²) in [4.78, 5) is 14.2. The van der Waals surface area contributed by atoms with E-state index in [2.05, 4.69) is 84.5 Å². The molecular formula is C35H45N5O2Si. The molecule has 0 bridgehead atoms. The summed E-state index contributed by atoms with van der Waals surface area (Å²) in [5.41, 5.74) is 7.35. The van der Waals surface area contributed by atoms with Gasteiger partial charge < -0.3 is 18.3 Å². The van der Waals surface area contributed by atoms with E-state index in [1.165, 1.54) is 37.6 Å². The first-order chi connectivity index (χ1) is 20.7. The average Bonchev–Trinajstić information content (AvgIpc) is 3.60. The Hall–Kier alpha value is -3.49. The molecule has 1 saturated carbocycles. The number of aromatic nitrogens is 5. The van der Waals surface area contributed by atoms with Crippen LogP contribution in [0.15, 0.2) is 67.4 Å². The largest absolute Gasteiger partial charge is 0.471 e. The topological polar surface area (TPSA) is 67.0 Å². The Morgan fingerprint density at radius 1 is 0.953 bits per heavy atom. The molecule has 6 rings (SSSR count). The van der Waals surface area contributed by atoms with E-state index in [0.717, 1.165) is 52.8 Å². The van der Waals surface area contributed by atoms with E-state index >= 15 is 0 Å². The van der Waals surface area contributed by atoms with Crippen LogP contribution in [0.3, 0.4) is 0 Å². The zero-order valence-corrected chi connectivity index (χ0v) is 27.3. The predicted octanol–water partition coefficient (Wildman–Crippen LogP) is 8.94. The number of ether oxygens (including phenoxy) is 1. The minimum absolute atomic E-state index is 0.190. The van der Waals surface area contributed by atoms with Crippen LogP contribution in [0.5, 0.6) is 5.88 Å². The summed E-state index contributed by atoms with van der Waals surface area (Å²) in [6, 6.07) is 17.4. The molecule has 0 N–H and O–H groups in total. The predicted molar refractivity (Wildman–Crippen MR) is 177 cm³/mol. The number of benzene rings is 2. The number of nitrogens with zero attached hydrogens (tertiary/aromatic N) is 5. The summed E-state index contributed by atoms with van der Waals surface area (Å²) in [7, 11) is -1.81. The van der Waals surface area contributed by atoms with Gasteiger partial charge in [0.1, 0.15) is 24.0 Å². The quantitative estimate of drug-likeness (QED) is 0.119. The SMILES string of the molecule is CC(C)(C)[Si](C)(C)OCCCn1cc(-c2ccc3c(c2)ncn3C2CCCCC2)c2ncnc(OCc3ccccc3)c21. The van der Waals surface area contributed by atoms with Gasteiger partial charge in [0.2, 0.25) is 5.88 Å². The van der Waals surface area contributed by atoms with Crippen LogP contribution in [-0.4, -0.2) is 39.0 Å². The lowest BCUT2D eigenvalue weighted by Gasteiger charge is -2.36. The smallest absolute Gasteiger partial charge is 0.242 e. The van der Waals surface area contributed by atoms with Crippen molar-refractivity contribution in [1.82, 2.24) is 24.1 Å². The summed E-state index contributed by atoms with van der Waals surface area (Å²) < 4.78 is 17.5. The number of aryl methyl sites for hydroxylation is 1. The molecule has 3 heterocycles. The normalized spacial score (nSPS) is 15.0. The molecule has 226 valence electrons. The fraction of sp³-hybridized carbons (Fsp3) is 0.457.